The van der Waals surface area contributed by atoms with Gasteiger partial charge in [-0.3, -0.25) is 14.7 Å². The Bertz CT molecular complexity index is 1140. The summed E-state index contributed by atoms with van der Waals surface area (Å²) < 4.78 is 0. The van der Waals surface area contributed by atoms with Crippen molar-refractivity contribution >= 4 is 28.9 Å². The second-order valence-electron chi connectivity index (χ2n) is 10.1. The Balaban J connectivity index is 1.51. The largest absolute Gasteiger partial charge is 0.353 e. The minimum Gasteiger partial charge on any atom is -0.353 e. The number of nitrogens with zero attached hydrogens (tertiary/aromatic N) is 3. The van der Waals surface area contributed by atoms with Crippen LogP contribution in [0.5, 0.6) is 0 Å². The maximum atomic E-state index is 12.8. The number of hydrogen-bond acceptors (Lipinski definition) is 3. The maximum absolute atomic E-state index is 12.8. The van der Waals surface area contributed by atoms with Gasteiger partial charge in [0.1, 0.15) is 5.69 Å². The van der Waals surface area contributed by atoms with Gasteiger partial charge in [-0.25, -0.2) is 0 Å². The van der Waals surface area contributed by atoms with Crippen LogP contribution in [0.15, 0.2) is 24.3 Å². The summed E-state index contributed by atoms with van der Waals surface area (Å²) in [5.41, 5.74) is 6.61. The molecule has 0 bridgehead atoms. The van der Waals surface area contributed by atoms with Gasteiger partial charge in [0, 0.05) is 41.4 Å². The van der Waals surface area contributed by atoms with Gasteiger partial charge in [-0.2, -0.15) is 5.10 Å². The number of H-pyrrole nitrogens is 2. The summed E-state index contributed by atoms with van der Waals surface area (Å²) in [6.45, 7) is 7.43. The molecule has 176 valence electrons. The molecule has 2 aromatic heterocycles. The average Bonchev–Trinajstić information content (AvgIpc) is 3.39. The van der Waals surface area contributed by atoms with Crippen molar-refractivity contribution in [2.45, 2.75) is 59.3 Å². The molecule has 4 rings (SSSR count). The summed E-state index contributed by atoms with van der Waals surface area (Å²) >= 11 is 0. The van der Waals surface area contributed by atoms with Crippen molar-refractivity contribution in [1.82, 2.24) is 20.1 Å². The van der Waals surface area contributed by atoms with Gasteiger partial charge < -0.3 is 14.8 Å². The number of rotatable bonds is 9. The highest BCUT2D eigenvalue weighted by molar-refractivity contribution is 5.97. The average molecular weight is 450 g/mol. The Hall–Kier alpha value is -3.09. The SMILES string of the molecule is CCCCCN(C=O)CC(=O)N(C)c1ccc2cc(-c3n[nH]c4c3CCC(C)(C)C4)[nH]c2c1. The van der Waals surface area contributed by atoms with Crippen LogP contribution in [-0.2, 0) is 22.4 Å². The van der Waals surface area contributed by atoms with E-state index in [4.69, 9.17) is 0 Å². The molecule has 33 heavy (non-hydrogen) atoms. The zero-order valence-electron chi connectivity index (χ0n) is 20.2. The van der Waals surface area contributed by atoms with Crippen molar-refractivity contribution in [3.05, 3.63) is 35.5 Å². The first-order valence-corrected chi connectivity index (χ1v) is 12.0. The molecular formula is C26H35N5O2. The second kappa shape index (κ2) is 9.41. The summed E-state index contributed by atoms with van der Waals surface area (Å²) in [7, 11) is 1.76. The summed E-state index contributed by atoms with van der Waals surface area (Å²) in [6, 6.07) is 8.08. The molecule has 3 aromatic rings. The molecule has 2 heterocycles. The molecule has 0 saturated heterocycles. The van der Waals surface area contributed by atoms with Gasteiger partial charge in [-0.05, 0) is 49.3 Å². The van der Waals surface area contributed by atoms with Crippen LogP contribution in [0.25, 0.3) is 22.3 Å². The van der Waals surface area contributed by atoms with Gasteiger partial charge in [0.05, 0.1) is 12.2 Å². The van der Waals surface area contributed by atoms with Crippen molar-refractivity contribution in [1.29, 1.82) is 0 Å². The van der Waals surface area contributed by atoms with E-state index in [1.807, 2.05) is 18.2 Å². The third-order valence-electron chi connectivity index (χ3n) is 6.82. The van der Waals surface area contributed by atoms with Crippen LogP contribution >= 0.6 is 0 Å². The first-order chi connectivity index (χ1) is 15.8. The topological polar surface area (TPSA) is 85.1 Å². The minimum atomic E-state index is -0.103. The summed E-state index contributed by atoms with van der Waals surface area (Å²) in [6.07, 6.45) is 7.01. The van der Waals surface area contributed by atoms with E-state index in [0.29, 0.717) is 12.0 Å². The van der Waals surface area contributed by atoms with E-state index in [0.717, 1.165) is 72.9 Å². The lowest BCUT2D eigenvalue weighted by atomic mass is 9.76. The number of fused-ring (bicyclic) bond motifs is 2. The van der Waals surface area contributed by atoms with Crippen LogP contribution in [0.2, 0.25) is 0 Å². The Morgan fingerprint density at radius 1 is 1.24 bits per heavy atom. The number of carbonyl (C=O) groups is 2. The van der Waals surface area contributed by atoms with Gasteiger partial charge in [0.15, 0.2) is 0 Å². The van der Waals surface area contributed by atoms with Crippen molar-refractivity contribution in [2.24, 2.45) is 5.41 Å². The number of likely N-dealkylation sites (N-methyl/N-ethyl adjacent to an activating group) is 1. The van der Waals surface area contributed by atoms with E-state index < -0.39 is 0 Å². The first kappa shape index (κ1) is 23.1. The number of hydrogen-bond donors (Lipinski definition) is 2. The van der Waals surface area contributed by atoms with Crippen LogP contribution in [0.1, 0.15) is 57.7 Å². The lowest BCUT2D eigenvalue weighted by Gasteiger charge is -2.28. The molecule has 7 heteroatoms. The third kappa shape index (κ3) is 4.97. The van der Waals surface area contributed by atoms with Gasteiger partial charge in [-0.1, -0.05) is 39.7 Å². The van der Waals surface area contributed by atoms with Crippen molar-refractivity contribution in [2.75, 3.05) is 25.0 Å². The fraction of sp³-hybridized carbons (Fsp3) is 0.500. The van der Waals surface area contributed by atoms with E-state index in [-0.39, 0.29) is 12.5 Å². The zero-order chi connectivity index (χ0) is 23.6. The number of amides is 2. The number of aromatic amines is 2. The van der Waals surface area contributed by atoms with Crippen LogP contribution in [0.3, 0.4) is 0 Å². The molecule has 0 radical (unpaired) electrons. The normalized spacial score (nSPS) is 14.8. The van der Waals surface area contributed by atoms with Crippen molar-refractivity contribution in [3.63, 3.8) is 0 Å². The van der Waals surface area contributed by atoms with Gasteiger partial charge in [0.2, 0.25) is 12.3 Å². The molecule has 0 fully saturated rings. The first-order valence-electron chi connectivity index (χ1n) is 12.0. The van der Waals surface area contributed by atoms with Crippen LogP contribution in [-0.4, -0.2) is 52.5 Å². The number of carbonyl (C=O) groups excluding carboxylic acids is 2. The van der Waals surface area contributed by atoms with E-state index in [1.54, 1.807) is 16.8 Å². The number of anilines is 1. The molecular weight excluding hydrogens is 414 g/mol. The Morgan fingerprint density at radius 2 is 2.06 bits per heavy atom. The van der Waals surface area contributed by atoms with E-state index >= 15 is 0 Å². The predicted molar refractivity (Wildman–Crippen MR) is 132 cm³/mol. The van der Waals surface area contributed by atoms with Gasteiger partial charge >= 0.3 is 0 Å². The quantitative estimate of drug-likeness (QED) is 0.367. The fourth-order valence-electron chi connectivity index (χ4n) is 4.68. The van der Waals surface area contributed by atoms with Crippen molar-refractivity contribution < 1.29 is 9.59 Å². The second-order valence-corrected chi connectivity index (χ2v) is 10.1. The smallest absolute Gasteiger partial charge is 0.246 e. The third-order valence-corrected chi connectivity index (χ3v) is 6.82. The standard InChI is InChI=1S/C26H35N5O2/c1-5-6-7-12-31(17-32)16-24(33)30(4)19-9-8-18-13-22(27-21(18)14-19)25-20-10-11-26(2,3)15-23(20)28-29-25/h8-9,13-14,17,27H,5-7,10-12,15-16H2,1-4H3,(H,28,29). The molecule has 7 nitrogen and oxygen atoms in total. The highest BCUT2D eigenvalue weighted by atomic mass is 16.2. The molecule has 0 spiro atoms. The van der Waals surface area contributed by atoms with Gasteiger partial charge in [-0.15, -0.1) is 0 Å². The number of nitrogens with one attached hydrogen (secondary N) is 2. The zero-order valence-corrected chi connectivity index (χ0v) is 20.2. The van der Waals surface area contributed by atoms with Crippen LogP contribution < -0.4 is 4.90 Å². The summed E-state index contributed by atoms with van der Waals surface area (Å²) in [5.74, 6) is -0.103. The molecule has 0 saturated carbocycles. The lowest BCUT2D eigenvalue weighted by molar-refractivity contribution is -0.126. The number of aromatic nitrogens is 3. The van der Waals surface area contributed by atoms with E-state index in [1.165, 1.54) is 11.3 Å². The monoisotopic (exact) mass is 449 g/mol. The molecule has 0 atom stereocenters. The molecule has 0 aliphatic heterocycles. The van der Waals surface area contributed by atoms with E-state index in [2.05, 4.69) is 42.0 Å². The number of benzene rings is 1. The highest BCUT2D eigenvalue weighted by Gasteiger charge is 2.29. The van der Waals surface area contributed by atoms with Gasteiger partial charge in [0.25, 0.3) is 0 Å². The van der Waals surface area contributed by atoms with E-state index in [9.17, 15) is 9.59 Å². The Labute approximate surface area is 195 Å². The maximum Gasteiger partial charge on any atom is 0.246 e. The van der Waals surface area contributed by atoms with Crippen molar-refractivity contribution in [3.8, 4) is 11.4 Å². The number of unbranched alkanes of at least 4 members (excludes halogenated alkanes) is 2. The van der Waals surface area contributed by atoms with Crippen LogP contribution in [0, 0.1) is 5.41 Å². The molecule has 2 amide bonds. The molecule has 1 aromatic carbocycles. The summed E-state index contributed by atoms with van der Waals surface area (Å²) in [5, 5.41) is 8.96. The molecule has 1 aliphatic rings. The lowest BCUT2D eigenvalue weighted by Crippen LogP contribution is -2.38. The van der Waals surface area contributed by atoms with Crippen LogP contribution in [0.4, 0.5) is 5.69 Å². The predicted octanol–water partition coefficient (Wildman–Crippen LogP) is 4.68. The Kier molecular flexibility index (Phi) is 6.58. The highest BCUT2D eigenvalue weighted by Crippen LogP contribution is 2.38. The fourth-order valence-corrected chi connectivity index (χ4v) is 4.68. The molecule has 0 unspecified atom stereocenters. The minimum absolute atomic E-state index is 0.0908. The molecule has 2 N–H and O–H groups in total. The molecule has 1 aliphatic carbocycles. The Morgan fingerprint density at radius 3 is 2.82 bits per heavy atom. The summed E-state index contributed by atoms with van der Waals surface area (Å²) in [4.78, 5) is 30.8.